The number of piperazine rings is 1. The molecule has 1 aliphatic heterocycles. The molecule has 1 aromatic carbocycles. The highest BCUT2D eigenvalue weighted by atomic mass is 79.9. The van der Waals surface area contributed by atoms with Gasteiger partial charge >= 0.3 is 0 Å². The van der Waals surface area contributed by atoms with Crippen LogP contribution in [0.4, 0.5) is 0 Å². The molecule has 3 rings (SSSR count). The molecule has 2 aromatic rings. The van der Waals surface area contributed by atoms with Crippen LogP contribution in [0, 0.1) is 0 Å². The normalized spacial score (nSPS) is 19.9. The third-order valence-corrected chi connectivity index (χ3v) is 4.21. The molecule has 4 heteroatoms. The predicted octanol–water partition coefficient (Wildman–Crippen LogP) is 2.99. The molecular formula is C16H18BrN3. The smallest absolute Gasteiger partial charge is 0.0477 e. The first-order chi connectivity index (χ1) is 9.83. The number of nitrogens with one attached hydrogen (secondary N) is 1. The van der Waals surface area contributed by atoms with E-state index in [0.717, 1.165) is 30.7 Å². The molecule has 1 saturated heterocycles. The summed E-state index contributed by atoms with van der Waals surface area (Å²) >= 11 is 3.55. The summed E-state index contributed by atoms with van der Waals surface area (Å²) in [4.78, 5) is 6.65. The van der Waals surface area contributed by atoms with Crippen molar-refractivity contribution in [1.29, 1.82) is 0 Å². The third-order valence-electron chi connectivity index (χ3n) is 3.72. The van der Waals surface area contributed by atoms with E-state index < -0.39 is 0 Å². The van der Waals surface area contributed by atoms with Gasteiger partial charge in [-0.3, -0.25) is 9.88 Å². The van der Waals surface area contributed by atoms with Crippen molar-refractivity contribution >= 4 is 15.9 Å². The SMILES string of the molecule is Brc1cccc(CN2CCNCC2c2ccncc2)c1. The topological polar surface area (TPSA) is 28.2 Å². The number of benzene rings is 1. The molecule has 1 atom stereocenters. The fourth-order valence-electron chi connectivity index (χ4n) is 2.72. The van der Waals surface area contributed by atoms with Gasteiger partial charge in [0.15, 0.2) is 0 Å². The van der Waals surface area contributed by atoms with Gasteiger partial charge in [0.1, 0.15) is 0 Å². The van der Waals surface area contributed by atoms with Gasteiger partial charge in [0.25, 0.3) is 0 Å². The minimum Gasteiger partial charge on any atom is -0.314 e. The van der Waals surface area contributed by atoms with E-state index in [1.54, 1.807) is 0 Å². The van der Waals surface area contributed by atoms with Crippen molar-refractivity contribution < 1.29 is 0 Å². The Labute approximate surface area is 128 Å². The van der Waals surface area contributed by atoms with Gasteiger partial charge < -0.3 is 5.32 Å². The number of nitrogens with zero attached hydrogens (tertiary/aromatic N) is 2. The zero-order valence-corrected chi connectivity index (χ0v) is 12.9. The van der Waals surface area contributed by atoms with Gasteiger partial charge in [-0.25, -0.2) is 0 Å². The Morgan fingerprint density at radius 2 is 2.10 bits per heavy atom. The quantitative estimate of drug-likeness (QED) is 0.937. The fraction of sp³-hybridized carbons (Fsp3) is 0.312. The van der Waals surface area contributed by atoms with Crippen molar-refractivity contribution in [3.63, 3.8) is 0 Å². The van der Waals surface area contributed by atoms with Crippen LogP contribution in [0.1, 0.15) is 17.2 Å². The standard InChI is InChI=1S/C16H18BrN3/c17-15-3-1-2-13(10-15)12-20-9-8-19-11-16(20)14-4-6-18-7-5-14/h1-7,10,16,19H,8-9,11-12H2. The lowest BCUT2D eigenvalue weighted by Crippen LogP contribution is -2.45. The Morgan fingerprint density at radius 3 is 2.90 bits per heavy atom. The minimum atomic E-state index is 0.422. The maximum absolute atomic E-state index is 4.12. The second-order valence-corrected chi connectivity index (χ2v) is 6.02. The van der Waals surface area contributed by atoms with E-state index in [1.807, 2.05) is 12.4 Å². The van der Waals surface area contributed by atoms with Crippen molar-refractivity contribution in [2.45, 2.75) is 12.6 Å². The van der Waals surface area contributed by atoms with Crippen molar-refractivity contribution in [2.75, 3.05) is 19.6 Å². The average molecular weight is 332 g/mol. The van der Waals surface area contributed by atoms with E-state index >= 15 is 0 Å². The number of pyridine rings is 1. The van der Waals surface area contributed by atoms with Gasteiger partial charge in [-0.05, 0) is 35.4 Å². The van der Waals surface area contributed by atoms with E-state index in [2.05, 4.69) is 67.5 Å². The molecule has 20 heavy (non-hydrogen) atoms. The highest BCUT2D eigenvalue weighted by molar-refractivity contribution is 9.10. The predicted molar refractivity (Wildman–Crippen MR) is 84.4 cm³/mol. The molecule has 1 aliphatic rings. The highest BCUT2D eigenvalue weighted by Gasteiger charge is 2.23. The van der Waals surface area contributed by atoms with E-state index in [1.165, 1.54) is 11.1 Å². The van der Waals surface area contributed by atoms with Crippen molar-refractivity contribution in [2.24, 2.45) is 0 Å². The molecule has 0 aliphatic carbocycles. The van der Waals surface area contributed by atoms with Gasteiger partial charge in [0.2, 0.25) is 0 Å². The van der Waals surface area contributed by atoms with Gasteiger partial charge in [-0.2, -0.15) is 0 Å². The molecule has 1 unspecified atom stereocenters. The van der Waals surface area contributed by atoms with Crippen molar-refractivity contribution in [3.05, 3.63) is 64.4 Å². The highest BCUT2D eigenvalue weighted by Crippen LogP contribution is 2.24. The maximum atomic E-state index is 4.12. The Hall–Kier alpha value is -1.23. The van der Waals surface area contributed by atoms with E-state index in [4.69, 9.17) is 0 Å². The Morgan fingerprint density at radius 1 is 1.25 bits per heavy atom. The lowest BCUT2D eigenvalue weighted by molar-refractivity contribution is 0.153. The molecule has 104 valence electrons. The van der Waals surface area contributed by atoms with Gasteiger partial charge in [0, 0.05) is 49.1 Å². The Balaban J connectivity index is 1.79. The average Bonchev–Trinajstić information content (AvgIpc) is 2.49. The van der Waals surface area contributed by atoms with Gasteiger partial charge in [0.05, 0.1) is 0 Å². The molecule has 0 amide bonds. The molecular weight excluding hydrogens is 314 g/mol. The van der Waals surface area contributed by atoms with Crippen LogP contribution in [0.2, 0.25) is 0 Å². The van der Waals surface area contributed by atoms with E-state index in [-0.39, 0.29) is 0 Å². The summed E-state index contributed by atoms with van der Waals surface area (Å²) in [5, 5.41) is 3.49. The number of hydrogen-bond donors (Lipinski definition) is 1. The minimum absolute atomic E-state index is 0.422. The maximum Gasteiger partial charge on any atom is 0.0477 e. The van der Waals surface area contributed by atoms with Crippen LogP contribution in [-0.4, -0.2) is 29.5 Å². The summed E-state index contributed by atoms with van der Waals surface area (Å²) < 4.78 is 1.14. The van der Waals surface area contributed by atoms with E-state index in [0.29, 0.717) is 6.04 Å². The molecule has 0 saturated carbocycles. The molecule has 0 spiro atoms. The van der Waals surface area contributed by atoms with Gasteiger partial charge in [-0.1, -0.05) is 28.1 Å². The number of hydrogen-bond acceptors (Lipinski definition) is 3. The fourth-order valence-corrected chi connectivity index (χ4v) is 3.17. The summed E-state index contributed by atoms with van der Waals surface area (Å²) in [6.45, 7) is 4.10. The monoisotopic (exact) mass is 331 g/mol. The molecule has 1 aromatic heterocycles. The summed E-state index contributed by atoms with van der Waals surface area (Å²) in [7, 11) is 0. The van der Waals surface area contributed by atoms with Crippen LogP contribution in [0.15, 0.2) is 53.3 Å². The number of rotatable bonds is 3. The second kappa shape index (κ2) is 6.48. The van der Waals surface area contributed by atoms with Crippen LogP contribution in [0.5, 0.6) is 0 Å². The molecule has 1 N–H and O–H groups in total. The van der Waals surface area contributed by atoms with Crippen LogP contribution >= 0.6 is 15.9 Å². The van der Waals surface area contributed by atoms with Crippen molar-refractivity contribution in [1.82, 2.24) is 15.2 Å². The molecule has 0 radical (unpaired) electrons. The number of aromatic nitrogens is 1. The van der Waals surface area contributed by atoms with Crippen molar-refractivity contribution in [3.8, 4) is 0 Å². The molecule has 2 heterocycles. The van der Waals surface area contributed by atoms with Crippen LogP contribution in [0.25, 0.3) is 0 Å². The second-order valence-electron chi connectivity index (χ2n) is 5.10. The lowest BCUT2D eigenvalue weighted by Gasteiger charge is -2.36. The van der Waals surface area contributed by atoms with Crippen LogP contribution < -0.4 is 5.32 Å². The van der Waals surface area contributed by atoms with Gasteiger partial charge in [-0.15, -0.1) is 0 Å². The summed E-state index contributed by atoms with van der Waals surface area (Å²) in [6, 6.07) is 13.2. The van der Waals surface area contributed by atoms with Crippen LogP contribution in [-0.2, 0) is 6.54 Å². The summed E-state index contributed by atoms with van der Waals surface area (Å²) in [5.41, 5.74) is 2.68. The summed E-state index contributed by atoms with van der Waals surface area (Å²) in [6.07, 6.45) is 3.75. The first-order valence-corrected chi connectivity index (χ1v) is 7.71. The first kappa shape index (κ1) is 13.7. The largest absolute Gasteiger partial charge is 0.314 e. The number of halogens is 1. The molecule has 3 nitrogen and oxygen atoms in total. The van der Waals surface area contributed by atoms with Crippen LogP contribution in [0.3, 0.4) is 0 Å². The zero-order valence-electron chi connectivity index (χ0n) is 11.3. The lowest BCUT2D eigenvalue weighted by atomic mass is 10.0. The molecule has 1 fully saturated rings. The Kier molecular flexibility index (Phi) is 4.45. The summed E-state index contributed by atoms with van der Waals surface area (Å²) in [5.74, 6) is 0. The zero-order chi connectivity index (χ0) is 13.8. The molecule has 0 bridgehead atoms. The Bertz CT molecular complexity index is 559. The van der Waals surface area contributed by atoms with E-state index in [9.17, 15) is 0 Å². The first-order valence-electron chi connectivity index (χ1n) is 6.92. The third kappa shape index (κ3) is 3.26.